The normalized spacial score (nSPS) is 20.2. The first-order valence-electron chi connectivity index (χ1n) is 7.02. The van der Waals surface area contributed by atoms with Crippen molar-refractivity contribution in [2.24, 2.45) is 11.3 Å². The van der Waals surface area contributed by atoms with Gasteiger partial charge in [0.15, 0.2) is 0 Å². The third-order valence-electron chi connectivity index (χ3n) is 3.97. The molecule has 1 aromatic carbocycles. The molecule has 1 amide bonds. The fourth-order valence-corrected chi connectivity index (χ4v) is 3.28. The summed E-state index contributed by atoms with van der Waals surface area (Å²) in [6.45, 7) is 5.74. The van der Waals surface area contributed by atoms with Gasteiger partial charge in [0.1, 0.15) is 0 Å². The number of carboxylic acid groups (broad SMARTS) is 1. The number of carboxylic acids is 1. The van der Waals surface area contributed by atoms with E-state index in [2.05, 4.69) is 5.32 Å². The first kappa shape index (κ1) is 15.8. The largest absolute Gasteiger partial charge is 0.481 e. The van der Waals surface area contributed by atoms with Crippen molar-refractivity contribution < 1.29 is 14.7 Å². The molecule has 1 heterocycles. The van der Waals surface area contributed by atoms with Crippen molar-refractivity contribution in [3.8, 4) is 0 Å². The number of aliphatic carboxylic acids is 1. The minimum Gasteiger partial charge on any atom is -0.481 e. The fraction of sp³-hybridized carbons (Fsp3) is 0.500. The lowest BCUT2D eigenvalue weighted by atomic mass is 9.69. The van der Waals surface area contributed by atoms with Crippen LogP contribution in [0.25, 0.3) is 0 Å². The van der Waals surface area contributed by atoms with Gasteiger partial charge in [-0.3, -0.25) is 9.59 Å². The summed E-state index contributed by atoms with van der Waals surface area (Å²) in [4.78, 5) is 23.6. The second kappa shape index (κ2) is 5.68. The van der Waals surface area contributed by atoms with Gasteiger partial charge in [-0.15, -0.1) is 0 Å². The highest BCUT2D eigenvalue weighted by Crippen LogP contribution is 2.45. The van der Waals surface area contributed by atoms with Crippen molar-refractivity contribution in [3.63, 3.8) is 0 Å². The summed E-state index contributed by atoms with van der Waals surface area (Å²) in [6, 6.07) is 5.22. The van der Waals surface area contributed by atoms with Gasteiger partial charge < -0.3 is 10.4 Å². The highest BCUT2D eigenvalue weighted by Gasteiger charge is 2.40. The van der Waals surface area contributed by atoms with Crippen LogP contribution in [-0.2, 0) is 9.59 Å². The van der Waals surface area contributed by atoms with Gasteiger partial charge in [0.2, 0.25) is 5.91 Å². The molecule has 0 fully saturated rings. The Morgan fingerprint density at radius 3 is 2.67 bits per heavy atom. The van der Waals surface area contributed by atoms with E-state index in [4.69, 9.17) is 11.6 Å². The molecule has 2 atom stereocenters. The van der Waals surface area contributed by atoms with Crippen molar-refractivity contribution in [2.45, 2.75) is 39.5 Å². The number of halogens is 1. The summed E-state index contributed by atoms with van der Waals surface area (Å²) in [7, 11) is 0. The summed E-state index contributed by atoms with van der Waals surface area (Å²) in [5.41, 5.74) is 1.07. The van der Waals surface area contributed by atoms with Crippen molar-refractivity contribution in [1.82, 2.24) is 0 Å². The predicted octanol–water partition coefficient (Wildman–Crippen LogP) is 3.90. The average Bonchev–Trinajstić information content (AvgIpc) is 2.48. The maximum absolute atomic E-state index is 11.8. The molecular formula is C16H20ClNO3. The van der Waals surface area contributed by atoms with E-state index in [1.165, 1.54) is 0 Å². The van der Waals surface area contributed by atoms with E-state index in [1.54, 1.807) is 18.2 Å². The van der Waals surface area contributed by atoms with Gasteiger partial charge >= 0.3 is 5.97 Å². The Bertz CT molecular complexity index is 577. The Morgan fingerprint density at radius 1 is 1.43 bits per heavy atom. The molecule has 1 aliphatic heterocycles. The van der Waals surface area contributed by atoms with Crippen LogP contribution in [-0.4, -0.2) is 17.0 Å². The number of nitrogens with one attached hydrogen (secondary N) is 1. The first-order valence-corrected chi connectivity index (χ1v) is 7.40. The molecule has 0 spiro atoms. The van der Waals surface area contributed by atoms with E-state index in [9.17, 15) is 14.7 Å². The molecule has 2 N–H and O–H groups in total. The SMILES string of the molecule is CC(C)(C)C(C(=O)O)C1CCC(=O)Nc2ccc(Cl)cc21. The number of amides is 1. The third kappa shape index (κ3) is 3.38. The van der Waals surface area contributed by atoms with Crippen molar-refractivity contribution >= 4 is 29.2 Å². The highest BCUT2D eigenvalue weighted by molar-refractivity contribution is 6.30. The topological polar surface area (TPSA) is 66.4 Å². The van der Waals surface area contributed by atoms with E-state index in [0.717, 1.165) is 5.56 Å². The maximum atomic E-state index is 11.8. The molecule has 0 bridgehead atoms. The molecule has 21 heavy (non-hydrogen) atoms. The van der Waals surface area contributed by atoms with Crippen LogP contribution in [0.1, 0.15) is 45.1 Å². The van der Waals surface area contributed by atoms with Crippen LogP contribution in [0, 0.1) is 11.3 Å². The van der Waals surface area contributed by atoms with Gasteiger partial charge in [-0.2, -0.15) is 0 Å². The van der Waals surface area contributed by atoms with E-state index in [0.29, 0.717) is 23.6 Å². The number of hydrogen-bond donors (Lipinski definition) is 2. The number of fused-ring (bicyclic) bond motifs is 1. The molecule has 0 saturated carbocycles. The summed E-state index contributed by atoms with van der Waals surface area (Å²) >= 11 is 6.07. The Balaban J connectivity index is 2.55. The minimum absolute atomic E-state index is 0.0841. The molecule has 0 radical (unpaired) electrons. The lowest BCUT2D eigenvalue weighted by Crippen LogP contribution is -2.34. The molecule has 4 nitrogen and oxygen atoms in total. The number of carbonyl (C=O) groups excluding carboxylic acids is 1. The smallest absolute Gasteiger partial charge is 0.307 e. The number of carbonyl (C=O) groups is 2. The second-order valence-corrected chi connectivity index (χ2v) is 7.04. The number of hydrogen-bond acceptors (Lipinski definition) is 2. The van der Waals surface area contributed by atoms with Crippen LogP contribution < -0.4 is 5.32 Å². The monoisotopic (exact) mass is 309 g/mol. The van der Waals surface area contributed by atoms with E-state index >= 15 is 0 Å². The van der Waals surface area contributed by atoms with Crippen LogP contribution in [0.15, 0.2) is 18.2 Å². The minimum atomic E-state index is -0.840. The molecular weight excluding hydrogens is 290 g/mol. The molecule has 1 aliphatic rings. The van der Waals surface area contributed by atoms with Crippen molar-refractivity contribution in [2.75, 3.05) is 5.32 Å². The summed E-state index contributed by atoms with van der Waals surface area (Å²) in [5, 5.41) is 13.1. The zero-order chi connectivity index (χ0) is 15.8. The molecule has 114 valence electrons. The van der Waals surface area contributed by atoms with Crippen molar-refractivity contribution in [1.29, 1.82) is 0 Å². The Hall–Kier alpha value is -1.55. The van der Waals surface area contributed by atoms with Gasteiger partial charge in [-0.1, -0.05) is 32.4 Å². The Morgan fingerprint density at radius 2 is 2.10 bits per heavy atom. The van der Waals surface area contributed by atoms with Crippen LogP contribution in [0.2, 0.25) is 5.02 Å². The van der Waals surface area contributed by atoms with Gasteiger partial charge in [0, 0.05) is 23.0 Å². The molecule has 2 rings (SSSR count). The Kier molecular flexibility index (Phi) is 4.28. The summed E-state index contributed by atoms with van der Waals surface area (Å²) in [5.74, 6) is -1.75. The third-order valence-corrected chi connectivity index (χ3v) is 4.21. The molecule has 0 saturated heterocycles. The van der Waals surface area contributed by atoms with E-state index in [1.807, 2.05) is 20.8 Å². The summed E-state index contributed by atoms with van der Waals surface area (Å²) < 4.78 is 0. The Labute approximate surface area is 129 Å². The number of rotatable bonds is 2. The predicted molar refractivity (Wildman–Crippen MR) is 82.6 cm³/mol. The van der Waals surface area contributed by atoms with Crippen molar-refractivity contribution in [3.05, 3.63) is 28.8 Å². The van der Waals surface area contributed by atoms with E-state index in [-0.39, 0.29) is 11.8 Å². The average molecular weight is 310 g/mol. The van der Waals surface area contributed by atoms with Crippen LogP contribution in [0.4, 0.5) is 5.69 Å². The standard InChI is InChI=1S/C16H20ClNO3/c1-16(2,3)14(15(20)21)10-5-7-13(19)18-12-6-4-9(17)8-11(10)12/h4,6,8,10,14H,5,7H2,1-3H3,(H,18,19)(H,20,21). The van der Waals surface area contributed by atoms with Gasteiger partial charge in [0.25, 0.3) is 0 Å². The lowest BCUT2D eigenvalue weighted by molar-refractivity contribution is -0.147. The quantitative estimate of drug-likeness (QED) is 0.870. The van der Waals surface area contributed by atoms with Crippen LogP contribution in [0.5, 0.6) is 0 Å². The highest BCUT2D eigenvalue weighted by atomic mass is 35.5. The number of benzene rings is 1. The molecule has 1 aromatic rings. The number of anilines is 1. The van der Waals surface area contributed by atoms with Crippen LogP contribution >= 0.6 is 11.6 Å². The maximum Gasteiger partial charge on any atom is 0.307 e. The zero-order valence-electron chi connectivity index (χ0n) is 12.4. The second-order valence-electron chi connectivity index (χ2n) is 6.61. The fourth-order valence-electron chi connectivity index (χ4n) is 3.10. The van der Waals surface area contributed by atoms with Gasteiger partial charge in [-0.25, -0.2) is 0 Å². The summed E-state index contributed by atoms with van der Waals surface area (Å²) in [6.07, 6.45) is 0.824. The molecule has 0 aromatic heterocycles. The van der Waals surface area contributed by atoms with Gasteiger partial charge in [0.05, 0.1) is 5.92 Å². The first-order chi connectivity index (χ1) is 9.70. The van der Waals surface area contributed by atoms with E-state index < -0.39 is 17.3 Å². The van der Waals surface area contributed by atoms with Gasteiger partial charge in [-0.05, 0) is 35.6 Å². The molecule has 0 aliphatic carbocycles. The molecule has 5 heteroatoms. The zero-order valence-corrected chi connectivity index (χ0v) is 13.2. The van der Waals surface area contributed by atoms with Crippen LogP contribution in [0.3, 0.4) is 0 Å². The molecule has 2 unspecified atom stereocenters. The lowest BCUT2D eigenvalue weighted by Gasteiger charge is -2.34.